The Morgan fingerprint density at radius 1 is 1.18 bits per heavy atom. The second-order valence-corrected chi connectivity index (χ2v) is 4.36. The van der Waals surface area contributed by atoms with Crippen LogP contribution in [-0.4, -0.2) is 32.5 Å². The topological polar surface area (TPSA) is 47.9 Å². The largest absolute Gasteiger partial charge is 0.497 e. The van der Waals surface area contributed by atoms with E-state index in [0.29, 0.717) is 18.6 Å². The predicted molar refractivity (Wildman–Crippen MR) is 63.5 cm³/mol. The van der Waals surface area contributed by atoms with Crippen molar-refractivity contribution in [1.82, 2.24) is 0 Å². The molecule has 0 saturated heterocycles. The first-order valence-electron chi connectivity index (χ1n) is 5.60. The van der Waals surface area contributed by atoms with Gasteiger partial charge in [0, 0.05) is 25.5 Å². The van der Waals surface area contributed by atoms with Crippen LogP contribution < -0.4 is 9.47 Å². The van der Waals surface area contributed by atoms with Crippen LogP contribution in [0.1, 0.15) is 18.4 Å². The average Bonchev–Trinajstić information content (AvgIpc) is 2.34. The molecule has 0 radical (unpaired) electrons. The van der Waals surface area contributed by atoms with Crippen LogP contribution in [0.3, 0.4) is 0 Å². The van der Waals surface area contributed by atoms with Crippen molar-refractivity contribution in [1.29, 1.82) is 0 Å². The zero-order valence-electron chi connectivity index (χ0n) is 10.4. The third-order valence-electron chi connectivity index (χ3n) is 3.37. The molecule has 94 valence electrons. The van der Waals surface area contributed by atoms with Gasteiger partial charge in [0.1, 0.15) is 11.5 Å². The van der Waals surface area contributed by atoms with E-state index in [-0.39, 0.29) is 6.10 Å². The number of benzene rings is 1. The van der Waals surface area contributed by atoms with E-state index in [2.05, 4.69) is 0 Å². The zero-order valence-corrected chi connectivity index (χ0v) is 10.4. The molecule has 0 heterocycles. The molecule has 0 bridgehead atoms. The first-order valence-corrected chi connectivity index (χ1v) is 5.60. The summed E-state index contributed by atoms with van der Waals surface area (Å²) in [6, 6.07) is 5.45. The van der Waals surface area contributed by atoms with Crippen molar-refractivity contribution in [2.24, 2.45) is 0 Å². The van der Waals surface area contributed by atoms with E-state index in [9.17, 15) is 5.11 Å². The summed E-state index contributed by atoms with van der Waals surface area (Å²) in [5, 5.41) is 10.5. The van der Waals surface area contributed by atoms with Crippen LogP contribution in [0.15, 0.2) is 18.2 Å². The fraction of sp³-hybridized carbons (Fsp3) is 0.538. The zero-order chi connectivity index (χ0) is 12.5. The summed E-state index contributed by atoms with van der Waals surface area (Å²) in [4.78, 5) is 0. The quantitative estimate of drug-likeness (QED) is 0.867. The van der Waals surface area contributed by atoms with Crippen LogP contribution >= 0.6 is 0 Å². The lowest BCUT2D eigenvalue weighted by atomic mass is 9.72. The van der Waals surface area contributed by atoms with Gasteiger partial charge in [0.25, 0.3) is 0 Å². The lowest BCUT2D eigenvalue weighted by molar-refractivity contribution is -0.133. The number of hydrogen-bond acceptors (Lipinski definition) is 4. The van der Waals surface area contributed by atoms with Crippen molar-refractivity contribution in [2.45, 2.75) is 24.5 Å². The van der Waals surface area contributed by atoms with Gasteiger partial charge in [-0.15, -0.1) is 0 Å². The van der Waals surface area contributed by atoms with E-state index in [0.717, 1.165) is 11.3 Å². The molecule has 1 fully saturated rings. The van der Waals surface area contributed by atoms with Gasteiger partial charge in [0.2, 0.25) is 0 Å². The first-order chi connectivity index (χ1) is 8.12. The summed E-state index contributed by atoms with van der Waals surface area (Å²) in [5.74, 6) is 1.40. The molecular weight excluding hydrogens is 220 g/mol. The van der Waals surface area contributed by atoms with Crippen molar-refractivity contribution in [3.8, 4) is 11.5 Å². The Hall–Kier alpha value is -1.26. The summed E-state index contributed by atoms with van der Waals surface area (Å²) in [5.41, 5.74) is -0.0896. The van der Waals surface area contributed by atoms with Crippen LogP contribution in [0.5, 0.6) is 11.5 Å². The van der Waals surface area contributed by atoms with Gasteiger partial charge in [-0.2, -0.15) is 0 Å². The molecule has 0 aliphatic heterocycles. The SMILES string of the molecule is COc1ccc(OC)c(C2(O)CC(OC)C2)c1. The van der Waals surface area contributed by atoms with Crippen LogP contribution in [0.2, 0.25) is 0 Å². The number of methoxy groups -OCH3 is 3. The third-order valence-corrected chi connectivity index (χ3v) is 3.37. The monoisotopic (exact) mass is 238 g/mol. The molecule has 2 rings (SSSR count). The van der Waals surface area contributed by atoms with Crippen molar-refractivity contribution >= 4 is 0 Å². The number of ether oxygens (including phenoxy) is 3. The van der Waals surface area contributed by atoms with E-state index < -0.39 is 5.60 Å². The molecule has 1 aliphatic carbocycles. The van der Waals surface area contributed by atoms with E-state index in [4.69, 9.17) is 14.2 Å². The molecule has 1 aromatic carbocycles. The Morgan fingerprint density at radius 3 is 2.41 bits per heavy atom. The van der Waals surface area contributed by atoms with E-state index in [1.54, 1.807) is 21.3 Å². The summed E-state index contributed by atoms with van der Waals surface area (Å²) in [7, 11) is 4.86. The molecule has 1 aromatic rings. The van der Waals surface area contributed by atoms with Crippen molar-refractivity contribution < 1.29 is 19.3 Å². The van der Waals surface area contributed by atoms with Gasteiger partial charge in [0.05, 0.1) is 25.9 Å². The van der Waals surface area contributed by atoms with Crippen molar-refractivity contribution in [2.75, 3.05) is 21.3 Å². The van der Waals surface area contributed by atoms with Gasteiger partial charge in [0.15, 0.2) is 0 Å². The molecule has 0 unspecified atom stereocenters. The average molecular weight is 238 g/mol. The summed E-state index contributed by atoms with van der Waals surface area (Å²) in [6.07, 6.45) is 1.30. The Kier molecular flexibility index (Phi) is 3.26. The highest BCUT2D eigenvalue weighted by Crippen LogP contribution is 2.47. The summed E-state index contributed by atoms with van der Waals surface area (Å²) in [6.45, 7) is 0. The fourth-order valence-electron chi connectivity index (χ4n) is 2.26. The third kappa shape index (κ3) is 2.10. The van der Waals surface area contributed by atoms with Gasteiger partial charge < -0.3 is 19.3 Å². The number of aliphatic hydroxyl groups is 1. The molecule has 1 N–H and O–H groups in total. The highest BCUT2D eigenvalue weighted by molar-refractivity contribution is 5.45. The van der Waals surface area contributed by atoms with Gasteiger partial charge in [-0.1, -0.05) is 0 Å². The molecule has 1 saturated carbocycles. The Bertz CT molecular complexity index is 396. The van der Waals surface area contributed by atoms with E-state index >= 15 is 0 Å². The minimum Gasteiger partial charge on any atom is -0.497 e. The van der Waals surface area contributed by atoms with E-state index in [1.165, 1.54) is 0 Å². The Morgan fingerprint density at radius 2 is 1.88 bits per heavy atom. The maximum atomic E-state index is 10.5. The van der Waals surface area contributed by atoms with Crippen LogP contribution in [-0.2, 0) is 10.3 Å². The molecule has 0 aromatic heterocycles. The molecule has 17 heavy (non-hydrogen) atoms. The highest BCUT2D eigenvalue weighted by atomic mass is 16.5. The number of rotatable bonds is 4. The minimum atomic E-state index is -0.861. The Balaban J connectivity index is 2.30. The standard InChI is InChI=1S/C13H18O4/c1-15-9-4-5-12(17-3)11(6-9)13(14)7-10(8-13)16-2/h4-6,10,14H,7-8H2,1-3H3. The lowest BCUT2D eigenvalue weighted by Gasteiger charge is -2.43. The second kappa shape index (κ2) is 4.55. The van der Waals surface area contributed by atoms with Gasteiger partial charge in [-0.25, -0.2) is 0 Å². The summed E-state index contributed by atoms with van der Waals surface area (Å²) >= 11 is 0. The molecule has 4 nitrogen and oxygen atoms in total. The number of hydrogen-bond donors (Lipinski definition) is 1. The van der Waals surface area contributed by atoms with Gasteiger partial charge in [-0.3, -0.25) is 0 Å². The van der Waals surface area contributed by atoms with Crippen molar-refractivity contribution in [3.05, 3.63) is 23.8 Å². The molecule has 0 amide bonds. The smallest absolute Gasteiger partial charge is 0.125 e. The summed E-state index contributed by atoms with van der Waals surface area (Å²) < 4.78 is 15.7. The van der Waals surface area contributed by atoms with Crippen LogP contribution in [0, 0.1) is 0 Å². The lowest BCUT2D eigenvalue weighted by Crippen LogP contribution is -2.45. The van der Waals surface area contributed by atoms with Crippen LogP contribution in [0.25, 0.3) is 0 Å². The second-order valence-electron chi connectivity index (χ2n) is 4.36. The molecule has 1 aliphatic rings. The van der Waals surface area contributed by atoms with Crippen molar-refractivity contribution in [3.63, 3.8) is 0 Å². The molecule has 0 atom stereocenters. The molecule has 4 heteroatoms. The van der Waals surface area contributed by atoms with Crippen LogP contribution in [0.4, 0.5) is 0 Å². The first kappa shape index (κ1) is 12.2. The predicted octanol–water partition coefficient (Wildman–Crippen LogP) is 1.70. The normalized spacial score (nSPS) is 27.4. The van der Waals surface area contributed by atoms with E-state index in [1.807, 2.05) is 18.2 Å². The maximum absolute atomic E-state index is 10.5. The Labute approximate surface area is 101 Å². The molecular formula is C13H18O4. The maximum Gasteiger partial charge on any atom is 0.125 e. The molecule has 0 spiro atoms. The highest BCUT2D eigenvalue weighted by Gasteiger charge is 2.46. The minimum absolute atomic E-state index is 0.121. The van der Waals surface area contributed by atoms with Gasteiger partial charge >= 0.3 is 0 Å². The van der Waals surface area contributed by atoms with Gasteiger partial charge in [-0.05, 0) is 18.2 Å². The fourth-order valence-corrected chi connectivity index (χ4v) is 2.26.